The monoisotopic (exact) mass is 336 g/mol. The average molecular weight is 336 g/mol. The number of ether oxygens (including phenoxy) is 1. The van der Waals surface area contributed by atoms with E-state index in [1.165, 1.54) is 12.5 Å². The Morgan fingerprint density at radius 1 is 1.33 bits per heavy atom. The third kappa shape index (κ3) is 5.11. The Labute approximate surface area is 141 Å². The van der Waals surface area contributed by atoms with Gasteiger partial charge in [-0.05, 0) is 32.3 Å². The molecule has 2 heterocycles. The molecular formula is C17H24N2O5. The zero-order valence-corrected chi connectivity index (χ0v) is 14.0. The number of nitrogens with one attached hydrogen (secondary N) is 1. The highest BCUT2D eigenvalue weighted by molar-refractivity contribution is 5.94. The van der Waals surface area contributed by atoms with Crippen molar-refractivity contribution in [1.29, 1.82) is 0 Å². The zero-order chi connectivity index (χ0) is 17.4. The lowest BCUT2D eigenvalue weighted by Gasteiger charge is -2.31. The Morgan fingerprint density at radius 2 is 2.08 bits per heavy atom. The summed E-state index contributed by atoms with van der Waals surface area (Å²) >= 11 is 0. The van der Waals surface area contributed by atoms with Gasteiger partial charge in [0.2, 0.25) is 5.91 Å². The summed E-state index contributed by atoms with van der Waals surface area (Å²) in [7, 11) is 0. The summed E-state index contributed by atoms with van der Waals surface area (Å²) in [6.07, 6.45) is 5.09. The van der Waals surface area contributed by atoms with Crippen molar-refractivity contribution in [3.05, 3.63) is 24.2 Å². The normalized spacial score (nSPS) is 15.1. The molecule has 7 nitrogen and oxygen atoms in total. The Balaban J connectivity index is 1.65. The van der Waals surface area contributed by atoms with Crippen LogP contribution in [0.2, 0.25) is 0 Å². The molecule has 0 saturated carbocycles. The van der Waals surface area contributed by atoms with E-state index in [2.05, 4.69) is 5.32 Å². The molecular weight excluding hydrogens is 312 g/mol. The van der Waals surface area contributed by atoms with E-state index in [0.29, 0.717) is 57.5 Å². The van der Waals surface area contributed by atoms with Gasteiger partial charge in [-0.2, -0.15) is 0 Å². The van der Waals surface area contributed by atoms with Crippen LogP contribution in [0.3, 0.4) is 0 Å². The highest BCUT2D eigenvalue weighted by Crippen LogP contribution is 2.19. The molecule has 1 saturated heterocycles. The Kier molecular flexibility index (Phi) is 6.84. The topological polar surface area (TPSA) is 88.9 Å². The van der Waals surface area contributed by atoms with E-state index in [0.717, 1.165) is 0 Å². The zero-order valence-electron chi connectivity index (χ0n) is 14.0. The van der Waals surface area contributed by atoms with Gasteiger partial charge in [-0.1, -0.05) is 0 Å². The lowest BCUT2D eigenvalue weighted by molar-refractivity contribution is -0.143. The van der Waals surface area contributed by atoms with E-state index in [9.17, 15) is 14.4 Å². The Hall–Kier alpha value is -2.31. The number of hydrogen-bond donors (Lipinski definition) is 1. The molecule has 24 heavy (non-hydrogen) atoms. The molecule has 0 radical (unpaired) electrons. The summed E-state index contributed by atoms with van der Waals surface area (Å²) in [5, 5.41) is 2.86. The van der Waals surface area contributed by atoms with Crippen molar-refractivity contribution in [3.63, 3.8) is 0 Å². The van der Waals surface area contributed by atoms with Gasteiger partial charge < -0.3 is 19.4 Å². The fraction of sp³-hybridized carbons (Fsp3) is 0.588. The molecule has 1 aromatic rings. The van der Waals surface area contributed by atoms with Crippen LogP contribution in [0.25, 0.3) is 0 Å². The van der Waals surface area contributed by atoms with Crippen molar-refractivity contribution in [3.8, 4) is 0 Å². The largest absolute Gasteiger partial charge is 0.472 e. The first kappa shape index (κ1) is 18.0. The van der Waals surface area contributed by atoms with Crippen molar-refractivity contribution in [1.82, 2.24) is 10.2 Å². The van der Waals surface area contributed by atoms with E-state index < -0.39 is 0 Å². The summed E-state index contributed by atoms with van der Waals surface area (Å²) in [6.45, 7) is 3.73. The summed E-state index contributed by atoms with van der Waals surface area (Å²) in [6, 6.07) is 1.64. The molecule has 1 N–H and O–H groups in total. The first-order valence-electron chi connectivity index (χ1n) is 8.36. The fourth-order valence-corrected chi connectivity index (χ4v) is 2.74. The minimum Gasteiger partial charge on any atom is -0.472 e. The smallest absolute Gasteiger partial charge is 0.305 e. The number of amides is 2. The number of rotatable bonds is 7. The molecule has 0 aliphatic carbocycles. The molecule has 132 valence electrons. The molecule has 2 rings (SSSR count). The second kappa shape index (κ2) is 9.10. The summed E-state index contributed by atoms with van der Waals surface area (Å²) in [4.78, 5) is 37.3. The molecule has 1 aromatic heterocycles. The quantitative estimate of drug-likeness (QED) is 0.603. The van der Waals surface area contributed by atoms with Crippen LogP contribution in [-0.2, 0) is 14.3 Å². The summed E-state index contributed by atoms with van der Waals surface area (Å²) in [5.41, 5.74) is 0.539. The van der Waals surface area contributed by atoms with Gasteiger partial charge in [0.15, 0.2) is 0 Å². The maximum atomic E-state index is 12.2. The van der Waals surface area contributed by atoms with E-state index in [1.54, 1.807) is 17.9 Å². The molecule has 0 unspecified atom stereocenters. The van der Waals surface area contributed by atoms with Crippen LogP contribution < -0.4 is 5.32 Å². The molecule has 0 spiro atoms. The van der Waals surface area contributed by atoms with Gasteiger partial charge in [0.05, 0.1) is 18.4 Å². The molecule has 2 amide bonds. The SMILES string of the molecule is CCOC(=O)CCCNC(=O)C1CCN(C(=O)c2ccoc2)CC1. The van der Waals surface area contributed by atoms with Crippen LogP contribution in [0.1, 0.15) is 43.0 Å². The minimum absolute atomic E-state index is 0.00531. The van der Waals surface area contributed by atoms with E-state index in [1.807, 2.05) is 0 Å². The van der Waals surface area contributed by atoms with Crippen LogP contribution in [-0.4, -0.2) is 48.9 Å². The third-order valence-electron chi connectivity index (χ3n) is 4.08. The predicted octanol–water partition coefficient (Wildman–Crippen LogP) is 1.59. The molecule has 1 fully saturated rings. The van der Waals surface area contributed by atoms with Crippen LogP contribution in [0.4, 0.5) is 0 Å². The standard InChI is InChI=1S/C17H24N2O5/c1-2-24-15(20)4-3-8-18-16(21)13-5-9-19(10-6-13)17(22)14-7-11-23-12-14/h7,11-13H,2-6,8-10H2,1H3,(H,18,21). The second-order valence-electron chi connectivity index (χ2n) is 5.78. The number of nitrogens with zero attached hydrogens (tertiary/aromatic N) is 1. The second-order valence-corrected chi connectivity index (χ2v) is 5.78. The number of esters is 1. The van der Waals surface area contributed by atoms with Gasteiger partial charge in [0.25, 0.3) is 5.91 Å². The van der Waals surface area contributed by atoms with Crippen molar-refractivity contribution in [2.45, 2.75) is 32.6 Å². The number of carbonyl (C=O) groups is 3. The third-order valence-corrected chi connectivity index (χ3v) is 4.08. The van der Waals surface area contributed by atoms with E-state index in [-0.39, 0.29) is 23.7 Å². The van der Waals surface area contributed by atoms with Crippen molar-refractivity contribution < 1.29 is 23.5 Å². The number of hydrogen-bond acceptors (Lipinski definition) is 5. The van der Waals surface area contributed by atoms with E-state index in [4.69, 9.17) is 9.15 Å². The minimum atomic E-state index is -0.238. The summed E-state index contributed by atoms with van der Waals surface area (Å²) < 4.78 is 9.76. The van der Waals surface area contributed by atoms with Crippen molar-refractivity contribution >= 4 is 17.8 Å². The lowest BCUT2D eigenvalue weighted by Crippen LogP contribution is -2.43. The number of piperidine rings is 1. The highest BCUT2D eigenvalue weighted by Gasteiger charge is 2.27. The van der Waals surface area contributed by atoms with Crippen LogP contribution in [0, 0.1) is 5.92 Å². The highest BCUT2D eigenvalue weighted by atomic mass is 16.5. The van der Waals surface area contributed by atoms with Crippen molar-refractivity contribution in [2.75, 3.05) is 26.2 Å². The first-order chi connectivity index (χ1) is 11.6. The molecule has 1 aliphatic heterocycles. The lowest BCUT2D eigenvalue weighted by atomic mass is 9.95. The summed E-state index contributed by atoms with van der Waals surface area (Å²) in [5.74, 6) is -0.384. The van der Waals surface area contributed by atoms with Gasteiger partial charge in [-0.3, -0.25) is 14.4 Å². The van der Waals surface area contributed by atoms with Crippen molar-refractivity contribution in [2.24, 2.45) is 5.92 Å². The molecule has 7 heteroatoms. The van der Waals surface area contributed by atoms with Gasteiger partial charge in [0.1, 0.15) is 6.26 Å². The molecule has 1 aliphatic rings. The van der Waals surface area contributed by atoms with Gasteiger partial charge in [0, 0.05) is 32.0 Å². The average Bonchev–Trinajstić information content (AvgIpc) is 3.13. The number of likely N-dealkylation sites (tertiary alicyclic amines) is 1. The van der Waals surface area contributed by atoms with E-state index >= 15 is 0 Å². The van der Waals surface area contributed by atoms with Gasteiger partial charge in [-0.25, -0.2) is 0 Å². The number of carbonyl (C=O) groups excluding carboxylic acids is 3. The Morgan fingerprint density at radius 3 is 2.71 bits per heavy atom. The molecule has 0 bridgehead atoms. The molecule has 0 atom stereocenters. The maximum absolute atomic E-state index is 12.2. The van der Waals surface area contributed by atoms with Gasteiger partial charge >= 0.3 is 5.97 Å². The Bertz CT molecular complexity index is 547. The molecule has 0 aromatic carbocycles. The maximum Gasteiger partial charge on any atom is 0.305 e. The van der Waals surface area contributed by atoms with Crippen LogP contribution >= 0.6 is 0 Å². The predicted molar refractivity (Wildman–Crippen MR) is 86.2 cm³/mol. The number of furan rings is 1. The van der Waals surface area contributed by atoms with Gasteiger partial charge in [-0.15, -0.1) is 0 Å². The first-order valence-corrected chi connectivity index (χ1v) is 8.36. The van der Waals surface area contributed by atoms with Crippen LogP contribution in [0.15, 0.2) is 23.0 Å². The van der Waals surface area contributed by atoms with Crippen LogP contribution in [0.5, 0.6) is 0 Å². The fourth-order valence-electron chi connectivity index (χ4n) is 2.74.